The van der Waals surface area contributed by atoms with Gasteiger partial charge in [-0.15, -0.1) is 10.2 Å². The van der Waals surface area contributed by atoms with Gasteiger partial charge in [0.2, 0.25) is 17.7 Å². The molecule has 0 N–H and O–H groups in total. The van der Waals surface area contributed by atoms with Crippen LogP contribution >= 0.6 is 0 Å². The Kier molecular flexibility index (Phi) is 6.74. The van der Waals surface area contributed by atoms with Gasteiger partial charge in [-0.05, 0) is 56.9 Å². The number of hydrogen-bond donors (Lipinski definition) is 0. The third-order valence-corrected chi connectivity index (χ3v) is 6.32. The Morgan fingerprint density at radius 2 is 2.07 bits per heavy atom. The molecule has 4 heterocycles. The number of nitrogens with zero attached hydrogens (tertiary/aromatic N) is 6. The number of rotatable bonds is 6. The van der Waals surface area contributed by atoms with Crippen LogP contribution in [0, 0.1) is 12.8 Å². The lowest BCUT2D eigenvalue weighted by Crippen LogP contribution is -2.50. The zero-order chi connectivity index (χ0) is 20.9. The van der Waals surface area contributed by atoms with Gasteiger partial charge in [-0.2, -0.15) is 0 Å². The largest absolute Gasteiger partial charge is 0.424 e. The molecule has 8 heteroatoms. The first-order valence-electron chi connectivity index (χ1n) is 11.0. The molecule has 0 spiro atoms. The lowest BCUT2D eigenvalue weighted by atomic mass is 9.93. The van der Waals surface area contributed by atoms with E-state index in [-0.39, 0.29) is 11.8 Å². The molecule has 1 amide bonds. The van der Waals surface area contributed by atoms with E-state index in [4.69, 9.17) is 4.42 Å². The summed E-state index contributed by atoms with van der Waals surface area (Å²) in [5.74, 6) is 1.27. The van der Waals surface area contributed by atoms with Crippen molar-refractivity contribution in [2.75, 3.05) is 33.2 Å². The Balaban J connectivity index is 1.26. The van der Waals surface area contributed by atoms with Crippen LogP contribution in [0.5, 0.6) is 0 Å². The van der Waals surface area contributed by atoms with Gasteiger partial charge < -0.3 is 9.32 Å². The number of piperidine rings is 2. The van der Waals surface area contributed by atoms with Crippen LogP contribution in [0.25, 0.3) is 0 Å². The smallest absolute Gasteiger partial charge is 0.235 e. The molecule has 0 saturated carbocycles. The number of hydrogen-bond acceptors (Lipinski definition) is 7. The standard InChI is InChI=1S/C22H32N6O2/c1-17-24-25-21(30-17)16-26(2)22(29)19-6-4-10-28(15-19)20-7-11-27(12-8-20)14-18-5-3-9-23-13-18/h3,5,9,13,19-20H,4,6-8,10-12,14-16H2,1-2H3. The summed E-state index contributed by atoms with van der Waals surface area (Å²) >= 11 is 0. The SMILES string of the molecule is Cc1nnc(CN(C)C(=O)C2CCCN(C3CCN(Cc4cccnc4)CC3)C2)o1. The number of carbonyl (C=O) groups excluding carboxylic acids is 1. The van der Waals surface area contributed by atoms with E-state index in [1.54, 1.807) is 11.8 Å². The Hall–Kier alpha value is -2.32. The second kappa shape index (κ2) is 9.66. The minimum atomic E-state index is 0.0567. The van der Waals surface area contributed by atoms with Crippen molar-refractivity contribution in [3.63, 3.8) is 0 Å². The van der Waals surface area contributed by atoms with Gasteiger partial charge in [-0.25, -0.2) is 0 Å². The van der Waals surface area contributed by atoms with Crippen molar-refractivity contribution in [3.05, 3.63) is 41.9 Å². The summed E-state index contributed by atoms with van der Waals surface area (Å²) in [6.07, 6.45) is 8.15. The highest BCUT2D eigenvalue weighted by Gasteiger charge is 2.33. The summed E-state index contributed by atoms with van der Waals surface area (Å²) in [5.41, 5.74) is 1.28. The van der Waals surface area contributed by atoms with Crippen molar-refractivity contribution in [1.29, 1.82) is 0 Å². The van der Waals surface area contributed by atoms with E-state index in [0.717, 1.165) is 58.4 Å². The second-order valence-corrected chi connectivity index (χ2v) is 8.61. The van der Waals surface area contributed by atoms with Crippen LogP contribution in [0.2, 0.25) is 0 Å². The predicted molar refractivity (Wildman–Crippen MR) is 112 cm³/mol. The second-order valence-electron chi connectivity index (χ2n) is 8.61. The third-order valence-electron chi connectivity index (χ3n) is 6.32. The topological polar surface area (TPSA) is 78.6 Å². The first-order valence-corrected chi connectivity index (χ1v) is 11.0. The predicted octanol–water partition coefficient (Wildman–Crippen LogP) is 2.11. The normalized spacial score (nSPS) is 21.6. The number of pyridine rings is 1. The van der Waals surface area contributed by atoms with E-state index in [9.17, 15) is 4.79 Å². The summed E-state index contributed by atoms with van der Waals surface area (Å²) in [6, 6.07) is 4.73. The highest BCUT2D eigenvalue weighted by Crippen LogP contribution is 2.25. The molecule has 0 bridgehead atoms. The number of likely N-dealkylation sites (tertiary alicyclic amines) is 2. The summed E-state index contributed by atoms with van der Waals surface area (Å²) in [6.45, 7) is 7.28. The molecule has 1 unspecified atom stereocenters. The monoisotopic (exact) mass is 412 g/mol. The van der Waals surface area contributed by atoms with E-state index >= 15 is 0 Å². The Morgan fingerprint density at radius 3 is 2.77 bits per heavy atom. The molecule has 162 valence electrons. The molecular weight excluding hydrogens is 380 g/mol. The van der Waals surface area contributed by atoms with Crippen molar-refractivity contribution >= 4 is 5.91 Å². The lowest BCUT2D eigenvalue weighted by molar-refractivity contribution is -0.137. The first-order chi connectivity index (χ1) is 14.6. The van der Waals surface area contributed by atoms with Gasteiger partial charge in [0.25, 0.3) is 0 Å². The van der Waals surface area contributed by atoms with Crippen LogP contribution in [-0.4, -0.2) is 75.1 Å². The molecule has 2 aliphatic rings. The maximum absolute atomic E-state index is 13.0. The lowest BCUT2D eigenvalue weighted by Gasteiger charge is -2.42. The average Bonchev–Trinajstić information content (AvgIpc) is 3.19. The van der Waals surface area contributed by atoms with Crippen LogP contribution in [-0.2, 0) is 17.9 Å². The zero-order valence-corrected chi connectivity index (χ0v) is 18.0. The Bertz CT molecular complexity index is 818. The van der Waals surface area contributed by atoms with Gasteiger partial charge in [0.05, 0.1) is 12.5 Å². The highest BCUT2D eigenvalue weighted by molar-refractivity contribution is 5.78. The number of aromatic nitrogens is 3. The molecule has 4 rings (SSSR count). The molecule has 2 aromatic rings. The number of aryl methyl sites for hydroxylation is 1. The minimum absolute atomic E-state index is 0.0567. The molecule has 0 radical (unpaired) electrons. The van der Waals surface area contributed by atoms with Crippen molar-refractivity contribution in [2.24, 2.45) is 5.92 Å². The molecular formula is C22H32N6O2. The highest BCUT2D eigenvalue weighted by atomic mass is 16.4. The average molecular weight is 413 g/mol. The van der Waals surface area contributed by atoms with Crippen LogP contribution < -0.4 is 0 Å². The Labute approximate surface area is 178 Å². The molecule has 1 atom stereocenters. The van der Waals surface area contributed by atoms with Gasteiger partial charge in [-0.1, -0.05) is 6.07 Å². The fraction of sp³-hybridized carbons (Fsp3) is 0.636. The van der Waals surface area contributed by atoms with Gasteiger partial charge in [0.15, 0.2) is 0 Å². The fourth-order valence-electron chi connectivity index (χ4n) is 4.73. The maximum Gasteiger partial charge on any atom is 0.235 e. The van der Waals surface area contributed by atoms with E-state index in [1.807, 2.05) is 25.5 Å². The Morgan fingerprint density at radius 1 is 1.23 bits per heavy atom. The quantitative estimate of drug-likeness (QED) is 0.719. The molecule has 0 aromatic carbocycles. The van der Waals surface area contributed by atoms with Crippen molar-refractivity contribution < 1.29 is 9.21 Å². The van der Waals surface area contributed by atoms with Crippen molar-refractivity contribution in [2.45, 2.75) is 51.7 Å². The zero-order valence-electron chi connectivity index (χ0n) is 18.0. The molecule has 30 heavy (non-hydrogen) atoms. The number of amides is 1. The molecule has 2 aromatic heterocycles. The van der Waals surface area contributed by atoms with E-state index in [1.165, 1.54) is 5.56 Å². The van der Waals surface area contributed by atoms with Crippen LogP contribution in [0.1, 0.15) is 43.0 Å². The maximum atomic E-state index is 13.0. The fourth-order valence-corrected chi connectivity index (χ4v) is 4.73. The molecule has 2 saturated heterocycles. The van der Waals surface area contributed by atoms with Crippen LogP contribution in [0.3, 0.4) is 0 Å². The molecule has 0 aliphatic carbocycles. The van der Waals surface area contributed by atoms with Gasteiger partial charge in [0, 0.05) is 45.5 Å². The van der Waals surface area contributed by atoms with Gasteiger partial charge in [0.1, 0.15) is 0 Å². The first kappa shape index (κ1) is 20.9. The van der Waals surface area contributed by atoms with Gasteiger partial charge in [-0.3, -0.25) is 19.6 Å². The summed E-state index contributed by atoms with van der Waals surface area (Å²) in [5, 5.41) is 7.86. The summed E-state index contributed by atoms with van der Waals surface area (Å²) < 4.78 is 5.43. The van der Waals surface area contributed by atoms with Crippen LogP contribution in [0.15, 0.2) is 28.9 Å². The van der Waals surface area contributed by atoms with Crippen molar-refractivity contribution in [3.8, 4) is 0 Å². The van der Waals surface area contributed by atoms with E-state index in [2.05, 4.69) is 31.0 Å². The molecule has 8 nitrogen and oxygen atoms in total. The van der Waals surface area contributed by atoms with Gasteiger partial charge >= 0.3 is 0 Å². The number of carbonyl (C=O) groups is 1. The summed E-state index contributed by atoms with van der Waals surface area (Å²) in [4.78, 5) is 24.0. The van der Waals surface area contributed by atoms with Crippen molar-refractivity contribution in [1.82, 2.24) is 29.9 Å². The molecule has 2 aliphatic heterocycles. The molecule has 2 fully saturated rings. The summed E-state index contributed by atoms with van der Waals surface area (Å²) in [7, 11) is 1.83. The third kappa shape index (κ3) is 5.23. The van der Waals surface area contributed by atoms with E-state index < -0.39 is 0 Å². The van der Waals surface area contributed by atoms with E-state index in [0.29, 0.717) is 24.4 Å². The van der Waals surface area contributed by atoms with Crippen LogP contribution in [0.4, 0.5) is 0 Å². The minimum Gasteiger partial charge on any atom is -0.424 e.